The Morgan fingerprint density at radius 3 is 2.78 bits per heavy atom. The van der Waals surface area contributed by atoms with Crippen molar-refractivity contribution >= 4 is 16.8 Å². The number of aryl methyl sites for hydroxylation is 2. The molecule has 0 saturated carbocycles. The second-order valence-corrected chi connectivity index (χ2v) is 7.60. The minimum Gasteiger partial charge on any atom is -0.352 e. The summed E-state index contributed by atoms with van der Waals surface area (Å²) < 4.78 is 2.37. The van der Waals surface area contributed by atoms with Gasteiger partial charge in [0.1, 0.15) is 0 Å². The molecule has 4 rings (SSSR count). The summed E-state index contributed by atoms with van der Waals surface area (Å²) in [5.41, 5.74) is 6.53. The summed E-state index contributed by atoms with van der Waals surface area (Å²) in [4.78, 5) is 14.8. The number of nitrogens with zero attached hydrogens (tertiary/aromatic N) is 2. The number of hydrogen-bond acceptors (Lipinski definition) is 2. The van der Waals surface area contributed by atoms with Crippen LogP contribution in [0.1, 0.15) is 28.8 Å². The molecule has 3 aromatic rings. The van der Waals surface area contributed by atoms with Crippen molar-refractivity contribution in [3.8, 4) is 0 Å². The molecule has 1 amide bonds. The normalized spacial score (nSPS) is 14.3. The lowest BCUT2D eigenvalue weighted by molar-refractivity contribution is -0.121. The molecule has 0 spiro atoms. The molecule has 1 aliphatic heterocycles. The lowest BCUT2D eigenvalue weighted by Crippen LogP contribution is -2.28. The molecule has 4 nitrogen and oxygen atoms in total. The van der Waals surface area contributed by atoms with E-state index >= 15 is 0 Å². The van der Waals surface area contributed by atoms with Gasteiger partial charge in [-0.05, 0) is 37.2 Å². The molecule has 0 saturated heterocycles. The molecule has 0 unspecified atom stereocenters. The number of carbonyl (C=O) groups excluding carboxylic acids is 1. The van der Waals surface area contributed by atoms with Gasteiger partial charge in [0.25, 0.3) is 0 Å². The zero-order valence-electron chi connectivity index (χ0n) is 16.2. The van der Waals surface area contributed by atoms with Crippen LogP contribution in [0.5, 0.6) is 0 Å². The maximum absolute atomic E-state index is 12.4. The fourth-order valence-corrected chi connectivity index (χ4v) is 4.05. The average molecular weight is 361 g/mol. The van der Waals surface area contributed by atoms with E-state index in [1.165, 1.54) is 27.7 Å². The monoisotopic (exact) mass is 361 g/mol. The molecular weight excluding hydrogens is 334 g/mol. The van der Waals surface area contributed by atoms with Crippen molar-refractivity contribution in [1.29, 1.82) is 0 Å². The molecule has 0 radical (unpaired) electrons. The molecule has 0 bridgehead atoms. The van der Waals surface area contributed by atoms with Crippen molar-refractivity contribution in [3.05, 3.63) is 70.9 Å². The number of rotatable bonds is 5. The molecule has 1 aromatic heterocycles. The Hall–Kier alpha value is -2.59. The first-order valence-electron chi connectivity index (χ1n) is 9.71. The third kappa shape index (κ3) is 3.76. The largest absolute Gasteiger partial charge is 0.352 e. The molecule has 2 heterocycles. The Balaban J connectivity index is 1.51. The van der Waals surface area contributed by atoms with Gasteiger partial charge < -0.3 is 14.8 Å². The van der Waals surface area contributed by atoms with Crippen LogP contribution in [0, 0.1) is 6.92 Å². The Morgan fingerprint density at radius 2 is 1.96 bits per heavy atom. The van der Waals surface area contributed by atoms with Crippen LogP contribution in [0.2, 0.25) is 0 Å². The van der Waals surface area contributed by atoms with Gasteiger partial charge in [-0.2, -0.15) is 0 Å². The summed E-state index contributed by atoms with van der Waals surface area (Å²) >= 11 is 0. The zero-order valence-corrected chi connectivity index (χ0v) is 16.2. The Labute approximate surface area is 160 Å². The molecule has 1 N–H and O–H groups in total. The van der Waals surface area contributed by atoms with E-state index < -0.39 is 0 Å². The number of hydrogen-bond donors (Lipinski definition) is 1. The van der Waals surface area contributed by atoms with Gasteiger partial charge in [-0.25, -0.2) is 0 Å². The topological polar surface area (TPSA) is 37.3 Å². The number of carbonyl (C=O) groups is 1. The summed E-state index contributed by atoms with van der Waals surface area (Å²) in [5, 5.41) is 4.39. The molecule has 27 heavy (non-hydrogen) atoms. The lowest BCUT2D eigenvalue weighted by Gasteiger charge is -2.24. The first-order valence-corrected chi connectivity index (χ1v) is 9.71. The van der Waals surface area contributed by atoms with Crippen LogP contribution in [-0.4, -0.2) is 29.0 Å². The number of likely N-dealkylation sites (N-methyl/N-ethyl adjacent to an activating group) is 1. The molecule has 0 atom stereocenters. The zero-order chi connectivity index (χ0) is 18.8. The maximum atomic E-state index is 12.4. The first kappa shape index (κ1) is 17.8. The standard InChI is InChI=1S/C23H27N3O/c1-17-8-9-21-19(14-17)20-16-25(2)12-10-22(20)26(21)13-11-23(27)24-15-18-6-4-3-5-7-18/h3-9,14H,10-13,15-16H2,1-2H3,(H,24,27). The fourth-order valence-electron chi connectivity index (χ4n) is 4.05. The van der Waals surface area contributed by atoms with Gasteiger partial charge in [0.05, 0.1) is 0 Å². The first-order chi connectivity index (χ1) is 13.1. The van der Waals surface area contributed by atoms with Crippen LogP contribution in [0.4, 0.5) is 0 Å². The Bertz CT molecular complexity index is 959. The van der Waals surface area contributed by atoms with Crippen molar-refractivity contribution in [2.45, 2.75) is 39.4 Å². The van der Waals surface area contributed by atoms with Crippen LogP contribution in [0.25, 0.3) is 10.9 Å². The number of aromatic nitrogens is 1. The Morgan fingerprint density at radius 1 is 1.15 bits per heavy atom. The predicted octanol–water partition coefficient (Wildman–Crippen LogP) is 3.64. The van der Waals surface area contributed by atoms with Crippen LogP contribution in [0.15, 0.2) is 48.5 Å². The number of amides is 1. The van der Waals surface area contributed by atoms with E-state index in [0.717, 1.165) is 31.6 Å². The van der Waals surface area contributed by atoms with Crippen molar-refractivity contribution in [2.75, 3.05) is 13.6 Å². The number of nitrogens with one attached hydrogen (secondary N) is 1. The van der Waals surface area contributed by atoms with Crippen molar-refractivity contribution < 1.29 is 4.79 Å². The highest BCUT2D eigenvalue weighted by Gasteiger charge is 2.22. The lowest BCUT2D eigenvalue weighted by atomic mass is 10.0. The molecule has 140 valence electrons. The van der Waals surface area contributed by atoms with E-state index in [-0.39, 0.29) is 5.91 Å². The van der Waals surface area contributed by atoms with Gasteiger partial charge in [-0.1, -0.05) is 42.0 Å². The van der Waals surface area contributed by atoms with Crippen molar-refractivity contribution in [2.24, 2.45) is 0 Å². The molecule has 0 fully saturated rings. The summed E-state index contributed by atoms with van der Waals surface area (Å²) in [6.07, 6.45) is 1.55. The van der Waals surface area contributed by atoms with Gasteiger partial charge in [0, 0.05) is 55.6 Å². The summed E-state index contributed by atoms with van der Waals surface area (Å²) in [7, 11) is 2.18. The summed E-state index contributed by atoms with van der Waals surface area (Å²) in [5.74, 6) is 0.106. The highest BCUT2D eigenvalue weighted by molar-refractivity contribution is 5.87. The second kappa shape index (κ2) is 7.57. The quantitative estimate of drug-likeness (QED) is 0.753. The van der Waals surface area contributed by atoms with Gasteiger partial charge in [-0.3, -0.25) is 4.79 Å². The molecule has 0 aliphatic carbocycles. The second-order valence-electron chi connectivity index (χ2n) is 7.60. The van der Waals surface area contributed by atoms with E-state index in [0.29, 0.717) is 13.0 Å². The minimum atomic E-state index is 0.106. The summed E-state index contributed by atoms with van der Waals surface area (Å²) in [6, 6.07) is 16.7. The number of fused-ring (bicyclic) bond motifs is 3. The highest BCUT2D eigenvalue weighted by atomic mass is 16.1. The third-order valence-electron chi connectivity index (χ3n) is 5.50. The average Bonchev–Trinajstić information content (AvgIpc) is 2.97. The van der Waals surface area contributed by atoms with Crippen LogP contribution in [-0.2, 0) is 30.8 Å². The Kier molecular flexibility index (Phi) is 4.99. The predicted molar refractivity (Wildman–Crippen MR) is 110 cm³/mol. The molecular formula is C23H27N3O. The highest BCUT2D eigenvalue weighted by Crippen LogP contribution is 2.31. The van der Waals surface area contributed by atoms with E-state index in [1.54, 1.807) is 0 Å². The van der Waals surface area contributed by atoms with Crippen LogP contribution >= 0.6 is 0 Å². The van der Waals surface area contributed by atoms with Crippen molar-refractivity contribution in [3.63, 3.8) is 0 Å². The smallest absolute Gasteiger partial charge is 0.222 e. The SMILES string of the molecule is Cc1ccc2c(c1)c1c(n2CCC(=O)NCc2ccccc2)CCN(C)C1. The van der Waals surface area contributed by atoms with Crippen LogP contribution < -0.4 is 5.32 Å². The molecule has 4 heteroatoms. The van der Waals surface area contributed by atoms with E-state index in [1.807, 2.05) is 30.3 Å². The maximum Gasteiger partial charge on any atom is 0.222 e. The van der Waals surface area contributed by atoms with Gasteiger partial charge in [0.2, 0.25) is 5.91 Å². The van der Waals surface area contributed by atoms with Gasteiger partial charge in [0.15, 0.2) is 0 Å². The molecule has 2 aromatic carbocycles. The van der Waals surface area contributed by atoms with E-state index in [2.05, 4.69) is 47.0 Å². The summed E-state index contributed by atoms with van der Waals surface area (Å²) in [6.45, 7) is 5.53. The molecule has 1 aliphatic rings. The fraction of sp³-hybridized carbons (Fsp3) is 0.348. The van der Waals surface area contributed by atoms with E-state index in [9.17, 15) is 4.79 Å². The van der Waals surface area contributed by atoms with Gasteiger partial charge in [-0.15, -0.1) is 0 Å². The minimum absolute atomic E-state index is 0.106. The number of benzene rings is 2. The van der Waals surface area contributed by atoms with Gasteiger partial charge >= 0.3 is 0 Å². The van der Waals surface area contributed by atoms with Crippen molar-refractivity contribution in [1.82, 2.24) is 14.8 Å². The van der Waals surface area contributed by atoms with Crippen LogP contribution in [0.3, 0.4) is 0 Å². The van der Waals surface area contributed by atoms with E-state index in [4.69, 9.17) is 0 Å². The third-order valence-corrected chi connectivity index (χ3v) is 5.50.